The van der Waals surface area contributed by atoms with Crippen LogP contribution in [-0.2, 0) is 9.53 Å². The number of amides is 1. The SMILES string of the molecule is CCOC1CCN(C(=NC)NCCNC(=O)CC2CCCCC2)CC1.I. The van der Waals surface area contributed by atoms with Gasteiger partial charge >= 0.3 is 0 Å². The monoisotopic (exact) mass is 480 g/mol. The van der Waals surface area contributed by atoms with Gasteiger partial charge in [0.2, 0.25) is 5.91 Å². The second-order valence-corrected chi connectivity index (χ2v) is 7.17. The smallest absolute Gasteiger partial charge is 0.220 e. The minimum absolute atomic E-state index is 0. The van der Waals surface area contributed by atoms with E-state index in [1.165, 1.54) is 32.1 Å². The third-order valence-corrected chi connectivity index (χ3v) is 5.28. The van der Waals surface area contributed by atoms with Crippen LogP contribution >= 0.6 is 24.0 Å². The van der Waals surface area contributed by atoms with Crippen molar-refractivity contribution in [2.24, 2.45) is 10.9 Å². The quantitative estimate of drug-likeness (QED) is 0.255. The molecule has 0 spiro atoms. The molecule has 2 N–H and O–H groups in total. The lowest BCUT2D eigenvalue weighted by atomic mass is 9.87. The Morgan fingerprint density at radius 1 is 1.08 bits per heavy atom. The van der Waals surface area contributed by atoms with Gasteiger partial charge in [-0.15, -0.1) is 24.0 Å². The number of hydrogen-bond donors (Lipinski definition) is 2. The molecule has 0 unspecified atom stereocenters. The predicted molar refractivity (Wildman–Crippen MR) is 117 cm³/mol. The molecular weight excluding hydrogens is 443 g/mol. The Hall–Kier alpha value is -0.570. The highest BCUT2D eigenvalue weighted by atomic mass is 127. The van der Waals surface area contributed by atoms with E-state index in [1.807, 2.05) is 7.05 Å². The summed E-state index contributed by atoms with van der Waals surface area (Å²) in [7, 11) is 1.82. The molecule has 0 aromatic rings. The summed E-state index contributed by atoms with van der Waals surface area (Å²) in [6.45, 7) is 6.15. The Morgan fingerprint density at radius 2 is 1.73 bits per heavy atom. The summed E-state index contributed by atoms with van der Waals surface area (Å²) in [4.78, 5) is 18.7. The zero-order valence-corrected chi connectivity index (χ0v) is 18.8. The summed E-state index contributed by atoms with van der Waals surface area (Å²) in [5.74, 6) is 1.72. The van der Waals surface area contributed by atoms with Crippen LogP contribution in [0, 0.1) is 5.92 Å². The maximum Gasteiger partial charge on any atom is 0.220 e. The number of guanidine groups is 1. The van der Waals surface area contributed by atoms with Crippen molar-refractivity contribution in [2.45, 2.75) is 64.4 Å². The Bertz CT molecular complexity index is 420. The van der Waals surface area contributed by atoms with Crippen molar-refractivity contribution in [3.63, 3.8) is 0 Å². The van der Waals surface area contributed by atoms with Crippen molar-refractivity contribution in [3.05, 3.63) is 0 Å². The number of halogens is 1. The molecule has 0 bridgehead atoms. The van der Waals surface area contributed by atoms with Gasteiger partial charge in [0.05, 0.1) is 6.10 Å². The summed E-state index contributed by atoms with van der Waals surface area (Å²) in [6.07, 6.45) is 9.53. The number of nitrogens with zero attached hydrogens (tertiary/aromatic N) is 2. The molecule has 0 aromatic heterocycles. The average Bonchev–Trinajstić information content (AvgIpc) is 2.64. The van der Waals surface area contributed by atoms with Crippen LogP contribution in [0.4, 0.5) is 0 Å². The molecule has 6 nitrogen and oxygen atoms in total. The molecule has 2 rings (SSSR count). The van der Waals surface area contributed by atoms with Gasteiger partial charge in [0, 0.05) is 46.3 Å². The molecule has 1 aliphatic heterocycles. The number of carbonyl (C=O) groups excluding carboxylic acids is 1. The van der Waals surface area contributed by atoms with Gasteiger partial charge in [0.15, 0.2) is 5.96 Å². The van der Waals surface area contributed by atoms with Crippen LogP contribution in [0.2, 0.25) is 0 Å². The van der Waals surface area contributed by atoms with E-state index in [2.05, 4.69) is 27.4 Å². The van der Waals surface area contributed by atoms with Crippen molar-refractivity contribution in [1.29, 1.82) is 0 Å². The van der Waals surface area contributed by atoms with E-state index in [0.29, 0.717) is 31.5 Å². The fourth-order valence-corrected chi connectivity index (χ4v) is 3.90. The Morgan fingerprint density at radius 3 is 2.35 bits per heavy atom. The summed E-state index contributed by atoms with van der Waals surface area (Å²) in [6, 6.07) is 0. The second-order valence-electron chi connectivity index (χ2n) is 7.17. The topological polar surface area (TPSA) is 66.0 Å². The largest absolute Gasteiger partial charge is 0.378 e. The maximum atomic E-state index is 12.0. The lowest BCUT2D eigenvalue weighted by Gasteiger charge is -2.34. The summed E-state index contributed by atoms with van der Waals surface area (Å²) in [5, 5.41) is 6.41. The second kappa shape index (κ2) is 13.6. The van der Waals surface area contributed by atoms with E-state index in [1.54, 1.807) is 0 Å². The van der Waals surface area contributed by atoms with Crippen LogP contribution in [0.1, 0.15) is 58.3 Å². The summed E-state index contributed by atoms with van der Waals surface area (Å²) < 4.78 is 5.70. The van der Waals surface area contributed by atoms with Crippen LogP contribution in [0.5, 0.6) is 0 Å². The van der Waals surface area contributed by atoms with E-state index >= 15 is 0 Å². The highest BCUT2D eigenvalue weighted by Gasteiger charge is 2.21. The Kier molecular flexibility index (Phi) is 12.3. The molecule has 1 heterocycles. The molecule has 152 valence electrons. The standard InChI is InChI=1S/C19H36N4O2.HI/c1-3-25-17-9-13-23(14-10-17)19(20-2)22-12-11-21-18(24)15-16-7-5-4-6-8-16;/h16-17H,3-15H2,1-2H3,(H,20,22)(H,21,24);1H. The molecule has 0 atom stereocenters. The molecule has 26 heavy (non-hydrogen) atoms. The first-order valence-electron chi connectivity index (χ1n) is 10.1. The molecule has 1 aliphatic carbocycles. The number of rotatable bonds is 7. The first-order chi connectivity index (χ1) is 12.2. The molecule has 0 aromatic carbocycles. The first-order valence-corrected chi connectivity index (χ1v) is 10.1. The van der Waals surface area contributed by atoms with Crippen molar-refractivity contribution in [1.82, 2.24) is 15.5 Å². The summed E-state index contributed by atoms with van der Waals surface area (Å²) in [5.41, 5.74) is 0. The number of nitrogens with one attached hydrogen (secondary N) is 2. The van der Waals surface area contributed by atoms with Crippen molar-refractivity contribution in [2.75, 3.05) is 39.8 Å². The first kappa shape index (κ1) is 23.5. The Balaban J connectivity index is 0.00000338. The van der Waals surface area contributed by atoms with Crippen LogP contribution in [0.15, 0.2) is 4.99 Å². The highest BCUT2D eigenvalue weighted by Crippen LogP contribution is 2.25. The van der Waals surface area contributed by atoms with E-state index in [0.717, 1.165) is 38.5 Å². The number of ether oxygens (including phenoxy) is 1. The molecule has 7 heteroatoms. The van der Waals surface area contributed by atoms with Gasteiger partial charge < -0.3 is 20.3 Å². The number of likely N-dealkylation sites (tertiary alicyclic amines) is 1. The number of piperidine rings is 1. The van der Waals surface area contributed by atoms with Crippen LogP contribution in [0.25, 0.3) is 0 Å². The third-order valence-electron chi connectivity index (χ3n) is 5.28. The highest BCUT2D eigenvalue weighted by molar-refractivity contribution is 14.0. The van der Waals surface area contributed by atoms with Gasteiger partial charge in [-0.25, -0.2) is 0 Å². The Labute approximate surface area is 175 Å². The van der Waals surface area contributed by atoms with Crippen molar-refractivity contribution in [3.8, 4) is 0 Å². The zero-order valence-electron chi connectivity index (χ0n) is 16.5. The summed E-state index contributed by atoms with van der Waals surface area (Å²) >= 11 is 0. The van der Waals surface area contributed by atoms with Crippen LogP contribution in [-0.4, -0.2) is 62.7 Å². The lowest BCUT2D eigenvalue weighted by molar-refractivity contribution is -0.122. The number of aliphatic imine (C=N–C) groups is 1. The van der Waals surface area contributed by atoms with E-state index < -0.39 is 0 Å². The van der Waals surface area contributed by atoms with Crippen LogP contribution < -0.4 is 10.6 Å². The number of hydrogen-bond acceptors (Lipinski definition) is 3. The van der Waals surface area contributed by atoms with Gasteiger partial charge in [-0.1, -0.05) is 19.3 Å². The third kappa shape index (κ3) is 8.41. The van der Waals surface area contributed by atoms with Crippen molar-refractivity contribution >= 4 is 35.8 Å². The normalized spacial score (nSPS) is 19.8. The van der Waals surface area contributed by atoms with E-state index in [-0.39, 0.29) is 29.9 Å². The molecule has 1 saturated heterocycles. The van der Waals surface area contributed by atoms with E-state index in [4.69, 9.17) is 4.74 Å². The fourth-order valence-electron chi connectivity index (χ4n) is 3.90. The molecular formula is C19H37IN4O2. The molecule has 0 radical (unpaired) electrons. The van der Waals surface area contributed by atoms with E-state index in [9.17, 15) is 4.79 Å². The zero-order chi connectivity index (χ0) is 17.9. The molecule has 2 fully saturated rings. The van der Waals surface area contributed by atoms with Gasteiger partial charge in [-0.2, -0.15) is 0 Å². The predicted octanol–water partition coefficient (Wildman–Crippen LogP) is 2.77. The number of carbonyl (C=O) groups is 1. The molecule has 2 aliphatic rings. The average molecular weight is 480 g/mol. The maximum absolute atomic E-state index is 12.0. The van der Waals surface area contributed by atoms with Crippen LogP contribution in [0.3, 0.4) is 0 Å². The fraction of sp³-hybridized carbons (Fsp3) is 0.895. The minimum Gasteiger partial charge on any atom is -0.378 e. The van der Waals surface area contributed by atoms with Gasteiger partial charge in [-0.05, 0) is 38.5 Å². The molecule has 1 amide bonds. The van der Waals surface area contributed by atoms with Crippen molar-refractivity contribution < 1.29 is 9.53 Å². The van der Waals surface area contributed by atoms with Gasteiger partial charge in [0.1, 0.15) is 0 Å². The lowest BCUT2D eigenvalue weighted by Crippen LogP contribution is -2.48. The van der Waals surface area contributed by atoms with Gasteiger partial charge in [-0.3, -0.25) is 9.79 Å². The minimum atomic E-state index is 0. The molecule has 1 saturated carbocycles. The van der Waals surface area contributed by atoms with Gasteiger partial charge in [0.25, 0.3) is 0 Å².